The quantitative estimate of drug-likeness (QED) is 0.108. The van der Waals surface area contributed by atoms with Gasteiger partial charge in [0.15, 0.2) is 0 Å². The molecule has 294 valence electrons. The monoisotopic (exact) mass is 790 g/mol. The van der Waals surface area contributed by atoms with Crippen LogP contribution in [0.4, 0.5) is 0 Å². The van der Waals surface area contributed by atoms with Crippen molar-refractivity contribution in [1.29, 1.82) is 0 Å². The smallest absolute Gasteiger partial charge is 0.0105 e. The van der Waals surface area contributed by atoms with Gasteiger partial charge in [-0.3, -0.25) is 0 Å². The first-order valence-electron chi connectivity index (χ1n) is 21.2. The second kappa shape index (κ2) is 19.3. The van der Waals surface area contributed by atoms with Gasteiger partial charge in [-0.25, -0.2) is 0 Å². The lowest BCUT2D eigenvalue weighted by Crippen LogP contribution is -1.88. The van der Waals surface area contributed by atoms with E-state index in [4.69, 9.17) is 0 Å². The average Bonchev–Trinajstić information content (AvgIpc) is 3.35. The van der Waals surface area contributed by atoms with Gasteiger partial charge in [-0.2, -0.15) is 0 Å². The van der Waals surface area contributed by atoms with Crippen molar-refractivity contribution in [2.75, 3.05) is 0 Å². The van der Waals surface area contributed by atoms with Crippen molar-refractivity contribution in [1.82, 2.24) is 0 Å². The molecule has 0 saturated carbocycles. The summed E-state index contributed by atoms with van der Waals surface area (Å²) in [6.07, 6.45) is 13.4. The van der Waals surface area contributed by atoms with Crippen molar-refractivity contribution in [3.05, 3.63) is 298 Å². The van der Waals surface area contributed by atoms with Crippen molar-refractivity contribution in [2.45, 2.75) is 0 Å². The SMILES string of the molecule is C(=C(c1ccccc1)c1ccccc1)c1ccc(-c2ccc(/C=C/c3ccccc3/C=C/c3ccc(-c4ccc(C=C(c5ccccc5)c5ccccc5)cc4)cc3)cc2)cc1. The van der Waals surface area contributed by atoms with Crippen LogP contribution in [0.3, 0.4) is 0 Å². The molecule has 0 heteroatoms. The fourth-order valence-electron chi connectivity index (χ4n) is 7.77. The molecule has 0 bridgehead atoms. The van der Waals surface area contributed by atoms with Crippen LogP contribution in [-0.2, 0) is 0 Å². The summed E-state index contributed by atoms with van der Waals surface area (Å²) in [5.41, 5.74) is 19.1. The zero-order chi connectivity index (χ0) is 41.8. The Morgan fingerprint density at radius 1 is 0.210 bits per heavy atom. The van der Waals surface area contributed by atoms with E-state index in [0.717, 1.165) is 11.1 Å². The highest BCUT2D eigenvalue weighted by Gasteiger charge is 2.08. The summed E-state index contributed by atoms with van der Waals surface area (Å²) < 4.78 is 0. The van der Waals surface area contributed by atoms with Gasteiger partial charge in [-0.05, 0) is 101 Å². The minimum atomic E-state index is 1.16. The summed E-state index contributed by atoms with van der Waals surface area (Å²) in [4.78, 5) is 0. The van der Waals surface area contributed by atoms with Gasteiger partial charge in [-0.1, -0.05) is 267 Å². The highest BCUT2D eigenvalue weighted by atomic mass is 14.1. The molecule has 0 aliphatic carbocycles. The lowest BCUT2D eigenvalue weighted by atomic mass is 9.95. The molecule has 0 N–H and O–H groups in total. The molecule has 0 amide bonds. The van der Waals surface area contributed by atoms with Gasteiger partial charge < -0.3 is 0 Å². The van der Waals surface area contributed by atoms with Crippen molar-refractivity contribution in [3.63, 3.8) is 0 Å². The maximum Gasteiger partial charge on any atom is -0.0105 e. The standard InChI is InChI=1S/C62H46/c1-5-17-57(18-6-1)61(58-19-7-2-8-20-58)45-49-31-41-55(42-32-49)53-37-27-47(28-38-53)25-35-51-15-13-14-16-52(51)36-26-48-29-39-54(40-30-48)56-43-33-50(34-44-56)46-62(59-21-9-3-10-22-59)60-23-11-4-12-24-60/h1-46H/b35-25+,36-26+. The minimum absolute atomic E-state index is 1.16. The Bertz CT molecular complexity index is 2660. The van der Waals surface area contributed by atoms with Crippen LogP contribution in [0.5, 0.6) is 0 Å². The third-order valence-electron chi connectivity index (χ3n) is 11.2. The zero-order valence-electron chi connectivity index (χ0n) is 34.6. The van der Waals surface area contributed by atoms with E-state index in [1.54, 1.807) is 0 Å². The molecule has 0 aromatic heterocycles. The minimum Gasteiger partial charge on any atom is -0.0622 e. The second-order valence-electron chi connectivity index (χ2n) is 15.4. The van der Waals surface area contributed by atoms with E-state index in [-0.39, 0.29) is 0 Å². The Hall–Kier alpha value is -8.06. The molecule has 0 unspecified atom stereocenters. The number of hydrogen-bond acceptors (Lipinski definition) is 0. The van der Waals surface area contributed by atoms with Crippen LogP contribution in [0.25, 0.3) is 69.9 Å². The summed E-state index contributed by atoms with van der Waals surface area (Å²) in [6.45, 7) is 0. The molecule has 0 heterocycles. The van der Waals surface area contributed by atoms with Gasteiger partial charge in [0.1, 0.15) is 0 Å². The molecule has 0 nitrogen and oxygen atoms in total. The summed E-state index contributed by atoms with van der Waals surface area (Å²) in [7, 11) is 0. The van der Waals surface area contributed by atoms with Crippen molar-refractivity contribution in [2.24, 2.45) is 0 Å². The summed E-state index contributed by atoms with van der Waals surface area (Å²) in [5.74, 6) is 0. The normalized spacial score (nSPS) is 11.1. The number of benzene rings is 9. The van der Waals surface area contributed by atoms with Crippen LogP contribution in [0.1, 0.15) is 55.6 Å². The molecule has 0 radical (unpaired) electrons. The van der Waals surface area contributed by atoms with E-state index in [0.29, 0.717) is 0 Å². The predicted octanol–water partition coefficient (Wildman–Crippen LogP) is 16.5. The lowest BCUT2D eigenvalue weighted by molar-refractivity contribution is 1.55. The lowest BCUT2D eigenvalue weighted by Gasteiger charge is -2.09. The molecule has 9 aromatic rings. The second-order valence-corrected chi connectivity index (χ2v) is 15.4. The van der Waals surface area contributed by atoms with Gasteiger partial charge in [0.05, 0.1) is 0 Å². The van der Waals surface area contributed by atoms with Crippen LogP contribution >= 0.6 is 0 Å². The first kappa shape index (κ1) is 39.4. The third-order valence-corrected chi connectivity index (χ3v) is 11.2. The molecular formula is C62H46. The predicted molar refractivity (Wildman–Crippen MR) is 268 cm³/mol. The van der Waals surface area contributed by atoms with Crippen molar-refractivity contribution < 1.29 is 0 Å². The Morgan fingerprint density at radius 3 is 0.726 bits per heavy atom. The Labute approximate surface area is 366 Å². The molecule has 0 saturated heterocycles. The zero-order valence-corrected chi connectivity index (χ0v) is 34.6. The van der Waals surface area contributed by atoms with Crippen LogP contribution in [0.15, 0.2) is 243 Å². The number of hydrogen-bond donors (Lipinski definition) is 0. The molecular weight excluding hydrogens is 745 g/mol. The third kappa shape index (κ3) is 9.86. The molecule has 9 aromatic carbocycles. The first-order valence-corrected chi connectivity index (χ1v) is 21.2. The van der Waals surface area contributed by atoms with Crippen LogP contribution in [-0.4, -0.2) is 0 Å². The van der Waals surface area contributed by atoms with Gasteiger partial charge in [0.25, 0.3) is 0 Å². The maximum atomic E-state index is 2.28. The first-order chi connectivity index (χ1) is 30.7. The van der Waals surface area contributed by atoms with E-state index in [1.165, 1.54) is 77.9 Å². The molecule has 0 spiro atoms. The molecule has 0 fully saturated rings. The topological polar surface area (TPSA) is 0 Å². The van der Waals surface area contributed by atoms with Crippen LogP contribution in [0.2, 0.25) is 0 Å². The molecule has 0 aliphatic rings. The van der Waals surface area contributed by atoms with Gasteiger partial charge >= 0.3 is 0 Å². The van der Waals surface area contributed by atoms with E-state index in [1.807, 2.05) is 0 Å². The Kier molecular flexibility index (Phi) is 12.3. The van der Waals surface area contributed by atoms with Gasteiger partial charge in [0, 0.05) is 0 Å². The molecule has 0 atom stereocenters. The highest BCUT2D eigenvalue weighted by Crippen LogP contribution is 2.30. The summed E-state index contributed by atoms with van der Waals surface area (Å²) in [5, 5.41) is 0. The fourth-order valence-corrected chi connectivity index (χ4v) is 7.77. The van der Waals surface area contributed by atoms with Crippen LogP contribution < -0.4 is 0 Å². The Morgan fingerprint density at radius 2 is 0.452 bits per heavy atom. The fraction of sp³-hybridized carbons (Fsp3) is 0. The van der Waals surface area contributed by atoms with E-state index in [9.17, 15) is 0 Å². The van der Waals surface area contributed by atoms with Gasteiger partial charge in [0.2, 0.25) is 0 Å². The summed E-state index contributed by atoms with van der Waals surface area (Å²) in [6, 6.07) is 86.2. The highest BCUT2D eigenvalue weighted by molar-refractivity contribution is 5.93. The van der Waals surface area contributed by atoms with E-state index >= 15 is 0 Å². The van der Waals surface area contributed by atoms with E-state index < -0.39 is 0 Å². The largest absolute Gasteiger partial charge is 0.0622 e. The molecule has 9 rings (SSSR count). The van der Waals surface area contributed by atoms with Crippen molar-refractivity contribution in [3.8, 4) is 22.3 Å². The maximum absolute atomic E-state index is 2.28. The van der Waals surface area contributed by atoms with Crippen LogP contribution in [0, 0.1) is 0 Å². The van der Waals surface area contributed by atoms with Gasteiger partial charge in [-0.15, -0.1) is 0 Å². The average molecular weight is 791 g/mol. The molecule has 0 aliphatic heterocycles. The summed E-state index contributed by atoms with van der Waals surface area (Å²) >= 11 is 0. The van der Waals surface area contributed by atoms with Crippen molar-refractivity contribution >= 4 is 47.6 Å². The molecule has 62 heavy (non-hydrogen) atoms. The Balaban J connectivity index is 0.849. The number of rotatable bonds is 12. The van der Waals surface area contributed by atoms with E-state index in [2.05, 4.69) is 279 Å².